The Labute approximate surface area is 154 Å². The Morgan fingerprint density at radius 2 is 1.88 bits per heavy atom. The Morgan fingerprint density at radius 1 is 1.19 bits per heavy atom. The third-order valence-corrected chi connectivity index (χ3v) is 4.48. The van der Waals surface area contributed by atoms with Crippen LogP contribution in [0.5, 0.6) is 0 Å². The number of methoxy groups -OCH3 is 1. The van der Waals surface area contributed by atoms with Crippen LogP contribution in [-0.4, -0.2) is 29.9 Å². The highest BCUT2D eigenvalue weighted by Crippen LogP contribution is 2.29. The van der Waals surface area contributed by atoms with Gasteiger partial charge in [0, 0.05) is 0 Å². The molecule has 0 saturated heterocycles. The molecule has 0 saturated carbocycles. The van der Waals surface area contributed by atoms with E-state index in [9.17, 15) is 14.0 Å². The van der Waals surface area contributed by atoms with Gasteiger partial charge in [0.2, 0.25) is 0 Å². The molecule has 2 aromatic rings. The number of carbonyl (C=O) groups is 2. The highest BCUT2D eigenvalue weighted by molar-refractivity contribution is 8.14. The highest BCUT2D eigenvalue weighted by Gasteiger charge is 2.32. The van der Waals surface area contributed by atoms with E-state index in [1.54, 1.807) is 6.08 Å². The van der Waals surface area contributed by atoms with Gasteiger partial charge in [0.25, 0.3) is 5.91 Å². The smallest absolute Gasteiger partial charge is 0.316 e. The number of carbonyl (C=O) groups excluding carboxylic acids is 2. The van der Waals surface area contributed by atoms with Gasteiger partial charge in [-0.2, -0.15) is 0 Å². The van der Waals surface area contributed by atoms with Crippen molar-refractivity contribution in [1.82, 2.24) is 0 Å². The van der Waals surface area contributed by atoms with Crippen molar-refractivity contribution in [2.45, 2.75) is 0 Å². The lowest BCUT2D eigenvalue weighted by Gasteiger charge is -2.17. The molecule has 26 heavy (non-hydrogen) atoms. The third kappa shape index (κ3) is 4.00. The predicted octanol–water partition coefficient (Wildman–Crippen LogP) is 3.48. The fourth-order valence-electron chi connectivity index (χ4n) is 2.30. The minimum absolute atomic E-state index is 0.0128. The molecule has 0 bridgehead atoms. The number of ether oxygens (including phenoxy) is 1. The molecule has 5 nitrogen and oxygen atoms in total. The largest absolute Gasteiger partial charge is 0.468 e. The van der Waals surface area contributed by atoms with E-state index in [1.807, 2.05) is 30.3 Å². The van der Waals surface area contributed by atoms with Crippen molar-refractivity contribution in [3.05, 3.63) is 71.7 Å². The number of rotatable bonds is 4. The van der Waals surface area contributed by atoms with Crippen LogP contribution in [0, 0.1) is 5.82 Å². The molecule has 0 spiro atoms. The fourth-order valence-corrected chi connectivity index (χ4v) is 3.15. The van der Waals surface area contributed by atoms with E-state index in [0.29, 0.717) is 10.9 Å². The first-order valence-corrected chi connectivity index (χ1v) is 8.72. The van der Waals surface area contributed by atoms with E-state index >= 15 is 0 Å². The first-order valence-electron chi connectivity index (χ1n) is 7.73. The summed E-state index contributed by atoms with van der Waals surface area (Å²) in [5, 5.41) is 0.342. The van der Waals surface area contributed by atoms with E-state index in [2.05, 4.69) is 9.73 Å². The van der Waals surface area contributed by atoms with Crippen LogP contribution in [0.2, 0.25) is 0 Å². The van der Waals surface area contributed by atoms with Gasteiger partial charge >= 0.3 is 5.97 Å². The molecule has 1 amide bonds. The Kier molecular flexibility index (Phi) is 5.48. The highest BCUT2D eigenvalue weighted by atomic mass is 32.2. The van der Waals surface area contributed by atoms with Crippen LogP contribution in [0.1, 0.15) is 5.56 Å². The van der Waals surface area contributed by atoms with Crippen LogP contribution in [-0.2, 0) is 14.3 Å². The van der Waals surface area contributed by atoms with Gasteiger partial charge in [0.1, 0.15) is 11.5 Å². The number of esters is 1. The number of aliphatic imine (C=N–C) groups is 1. The van der Waals surface area contributed by atoms with Crippen LogP contribution in [0.3, 0.4) is 0 Å². The van der Waals surface area contributed by atoms with Gasteiger partial charge in [-0.05, 0) is 35.9 Å². The Bertz CT molecular complexity index is 879. The number of halogens is 1. The molecule has 2 aromatic carbocycles. The number of anilines is 1. The predicted molar refractivity (Wildman–Crippen MR) is 100 cm³/mol. The lowest BCUT2D eigenvalue weighted by Crippen LogP contribution is -2.30. The molecule has 0 aliphatic carbocycles. The van der Waals surface area contributed by atoms with Gasteiger partial charge in [-0.1, -0.05) is 42.1 Å². The summed E-state index contributed by atoms with van der Waals surface area (Å²) < 4.78 is 17.9. The lowest BCUT2D eigenvalue weighted by atomic mass is 10.2. The van der Waals surface area contributed by atoms with Crippen LogP contribution in [0.15, 0.2) is 65.3 Å². The maximum absolute atomic E-state index is 13.2. The molecule has 0 aromatic heterocycles. The minimum Gasteiger partial charge on any atom is -0.468 e. The van der Waals surface area contributed by atoms with Crippen molar-refractivity contribution in [2.24, 2.45) is 4.99 Å². The molecule has 0 fully saturated rings. The molecule has 3 rings (SSSR count). The average molecular weight is 370 g/mol. The van der Waals surface area contributed by atoms with Crippen molar-refractivity contribution < 1.29 is 18.7 Å². The van der Waals surface area contributed by atoms with Crippen molar-refractivity contribution in [2.75, 3.05) is 17.8 Å². The maximum atomic E-state index is 13.2. The molecule has 0 unspecified atom stereocenters. The molecule has 1 heterocycles. The number of hydrogen-bond donors (Lipinski definition) is 0. The standard InChI is InChI=1S/C19H15FN2O3S/c1-25-17(23)12-26-19-21-16(11-13-5-3-2-4-6-13)18(24)22(19)15-9-7-14(20)8-10-15/h2-11H,12H2,1H3. The van der Waals surface area contributed by atoms with Crippen molar-refractivity contribution >= 4 is 40.6 Å². The van der Waals surface area contributed by atoms with Crippen molar-refractivity contribution in [3.8, 4) is 0 Å². The number of thioether (sulfide) groups is 1. The molecule has 0 atom stereocenters. The minimum atomic E-state index is -0.426. The topological polar surface area (TPSA) is 59.0 Å². The molecular weight excluding hydrogens is 355 g/mol. The number of hydrogen-bond acceptors (Lipinski definition) is 5. The third-order valence-electron chi connectivity index (χ3n) is 3.56. The van der Waals surface area contributed by atoms with Gasteiger partial charge < -0.3 is 4.74 Å². The van der Waals surface area contributed by atoms with Crippen LogP contribution in [0.4, 0.5) is 10.1 Å². The SMILES string of the molecule is COC(=O)CSC1=NC(=Cc2ccccc2)C(=O)N1c1ccc(F)cc1. The van der Waals surface area contributed by atoms with E-state index in [4.69, 9.17) is 0 Å². The number of amides is 1. The van der Waals surface area contributed by atoms with E-state index in [1.165, 1.54) is 36.3 Å². The van der Waals surface area contributed by atoms with E-state index in [-0.39, 0.29) is 17.4 Å². The first kappa shape index (κ1) is 17.9. The zero-order valence-corrected chi connectivity index (χ0v) is 14.7. The Balaban J connectivity index is 1.94. The fraction of sp³-hybridized carbons (Fsp3) is 0.105. The van der Waals surface area contributed by atoms with Crippen LogP contribution in [0.25, 0.3) is 6.08 Å². The Morgan fingerprint density at radius 3 is 2.54 bits per heavy atom. The molecule has 0 radical (unpaired) electrons. The molecule has 0 N–H and O–H groups in total. The van der Waals surface area contributed by atoms with Crippen molar-refractivity contribution in [3.63, 3.8) is 0 Å². The second kappa shape index (κ2) is 7.97. The molecule has 1 aliphatic rings. The normalized spacial score (nSPS) is 15.3. The lowest BCUT2D eigenvalue weighted by molar-refractivity contribution is -0.137. The van der Waals surface area contributed by atoms with Crippen LogP contribution >= 0.6 is 11.8 Å². The number of amidine groups is 1. The zero-order chi connectivity index (χ0) is 18.5. The summed E-state index contributed by atoms with van der Waals surface area (Å²) in [5.74, 6) is -1.16. The quantitative estimate of drug-likeness (QED) is 0.611. The number of benzene rings is 2. The Hall–Kier alpha value is -2.93. The summed E-state index contributed by atoms with van der Waals surface area (Å²) in [6.07, 6.45) is 1.67. The van der Waals surface area contributed by atoms with Gasteiger partial charge in [-0.15, -0.1) is 0 Å². The van der Waals surface area contributed by atoms with E-state index in [0.717, 1.165) is 17.3 Å². The first-order chi connectivity index (χ1) is 12.6. The summed E-state index contributed by atoms with van der Waals surface area (Å²) in [6, 6.07) is 14.8. The van der Waals surface area contributed by atoms with Gasteiger partial charge in [-0.3, -0.25) is 14.5 Å². The average Bonchev–Trinajstić information content (AvgIpc) is 2.97. The molecule has 1 aliphatic heterocycles. The monoisotopic (exact) mass is 370 g/mol. The second-order valence-electron chi connectivity index (χ2n) is 5.32. The summed E-state index contributed by atoms with van der Waals surface area (Å²) >= 11 is 1.09. The zero-order valence-electron chi connectivity index (χ0n) is 13.9. The molecular formula is C19H15FN2O3S. The van der Waals surface area contributed by atoms with Crippen molar-refractivity contribution in [1.29, 1.82) is 0 Å². The van der Waals surface area contributed by atoms with Gasteiger partial charge in [-0.25, -0.2) is 9.38 Å². The number of nitrogens with zero attached hydrogens (tertiary/aromatic N) is 2. The summed E-state index contributed by atoms with van der Waals surface area (Å²) in [7, 11) is 1.29. The molecule has 132 valence electrons. The van der Waals surface area contributed by atoms with Crippen LogP contribution < -0.4 is 4.90 Å². The molecule has 7 heteroatoms. The summed E-state index contributed by atoms with van der Waals surface area (Å²) in [6.45, 7) is 0. The second-order valence-corrected chi connectivity index (χ2v) is 6.26. The maximum Gasteiger partial charge on any atom is 0.316 e. The van der Waals surface area contributed by atoms with Gasteiger partial charge in [0.05, 0.1) is 18.6 Å². The van der Waals surface area contributed by atoms with Gasteiger partial charge in [0.15, 0.2) is 5.17 Å². The van der Waals surface area contributed by atoms with E-state index < -0.39 is 11.8 Å². The summed E-state index contributed by atoms with van der Waals surface area (Å²) in [5.41, 5.74) is 1.55. The summed E-state index contributed by atoms with van der Waals surface area (Å²) in [4.78, 5) is 30.0.